The molecule has 1 aromatic rings. The zero-order chi connectivity index (χ0) is 18.7. The van der Waals surface area contributed by atoms with Crippen LogP contribution in [0, 0.1) is 11.8 Å². The highest BCUT2D eigenvalue weighted by Gasteiger charge is 2.28. The van der Waals surface area contributed by atoms with Crippen LogP contribution < -0.4 is 10.0 Å². The van der Waals surface area contributed by atoms with E-state index in [-0.39, 0.29) is 30.0 Å². The third-order valence-corrected chi connectivity index (χ3v) is 6.50. The van der Waals surface area contributed by atoms with Gasteiger partial charge >= 0.3 is 0 Å². The number of piperidine rings is 1. The van der Waals surface area contributed by atoms with Crippen LogP contribution in [0.3, 0.4) is 0 Å². The minimum atomic E-state index is -3.38. The molecule has 8 heteroatoms. The standard InChI is InChI=1S/C19H30N4O2S.HI/c1-14-10-15(2)13-23(12-14)19(20-3)21-11-16-4-8-18(9-5-16)26(24,25)22-17-6-7-17;/h4-5,8-9,14-15,17,22H,6-7,10-13H2,1-3H3,(H,20,21);1H. The molecule has 2 unspecified atom stereocenters. The van der Waals surface area contributed by atoms with E-state index in [9.17, 15) is 8.42 Å². The first-order chi connectivity index (χ1) is 12.4. The average molecular weight is 506 g/mol. The van der Waals surface area contributed by atoms with Gasteiger partial charge in [-0.05, 0) is 48.8 Å². The van der Waals surface area contributed by atoms with Gasteiger partial charge in [-0.3, -0.25) is 4.99 Å². The van der Waals surface area contributed by atoms with E-state index in [0.29, 0.717) is 23.3 Å². The molecule has 3 rings (SSSR count). The van der Waals surface area contributed by atoms with Gasteiger partial charge in [-0.1, -0.05) is 26.0 Å². The van der Waals surface area contributed by atoms with Gasteiger partial charge in [-0.2, -0.15) is 0 Å². The fraction of sp³-hybridized carbons (Fsp3) is 0.632. The van der Waals surface area contributed by atoms with Gasteiger partial charge in [0.25, 0.3) is 0 Å². The Morgan fingerprint density at radius 1 is 1.15 bits per heavy atom. The lowest BCUT2D eigenvalue weighted by atomic mass is 9.92. The maximum absolute atomic E-state index is 12.2. The number of nitrogens with one attached hydrogen (secondary N) is 2. The van der Waals surface area contributed by atoms with Crippen molar-refractivity contribution in [2.45, 2.75) is 50.6 Å². The number of halogens is 1. The maximum atomic E-state index is 12.2. The zero-order valence-electron chi connectivity index (χ0n) is 16.3. The third kappa shape index (κ3) is 6.32. The van der Waals surface area contributed by atoms with Crippen molar-refractivity contribution in [1.82, 2.24) is 14.9 Å². The van der Waals surface area contributed by atoms with Crippen molar-refractivity contribution in [2.75, 3.05) is 20.1 Å². The summed E-state index contributed by atoms with van der Waals surface area (Å²) < 4.78 is 27.2. The summed E-state index contributed by atoms with van der Waals surface area (Å²) in [6, 6.07) is 7.20. The van der Waals surface area contributed by atoms with Crippen LogP contribution in [0.25, 0.3) is 0 Å². The van der Waals surface area contributed by atoms with Crippen LogP contribution >= 0.6 is 24.0 Å². The Labute approximate surface area is 180 Å². The van der Waals surface area contributed by atoms with Gasteiger partial charge in [0.05, 0.1) is 4.90 Å². The maximum Gasteiger partial charge on any atom is 0.240 e. The number of hydrogen-bond acceptors (Lipinski definition) is 3. The van der Waals surface area contributed by atoms with Crippen LogP contribution in [-0.4, -0.2) is 45.5 Å². The minimum absolute atomic E-state index is 0. The van der Waals surface area contributed by atoms with Crippen molar-refractivity contribution in [2.24, 2.45) is 16.8 Å². The zero-order valence-corrected chi connectivity index (χ0v) is 19.5. The predicted octanol–water partition coefficient (Wildman–Crippen LogP) is 2.80. The molecular weight excluding hydrogens is 475 g/mol. The number of guanidine groups is 1. The number of benzene rings is 1. The van der Waals surface area contributed by atoms with E-state index >= 15 is 0 Å². The van der Waals surface area contributed by atoms with Crippen LogP contribution in [0.5, 0.6) is 0 Å². The first-order valence-corrected chi connectivity index (χ1v) is 10.9. The molecule has 1 saturated heterocycles. The van der Waals surface area contributed by atoms with Gasteiger partial charge in [0.15, 0.2) is 5.96 Å². The van der Waals surface area contributed by atoms with Crippen LogP contribution in [0.4, 0.5) is 0 Å². The lowest BCUT2D eigenvalue weighted by Crippen LogP contribution is -2.48. The molecule has 2 atom stereocenters. The largest absolute Gasteiger partial charge is 0.352 e. The summed E-state index contributed by atoms with van der Waals surface area (Å²) in [7, 11) is -1.57. The third-order valence-electron chi connectivity index (χ3n) is 4.96. The highest BCUT2D eigenvalue weighted by atomic mass is 127. The Bertz CT molecular complexity index is 737. The molecule has 27 heavy (non-hydrogen) atoms. The number of nitrogens with zero attached hydrogens (tertiary/aromatic N) is 2. The van der Waals surface area contributed by atoms with Gasteiger partial charge in [0, 0.05) is 32.7 Å². The summed E-state index contributed by atoms with van der Waals surface area (Å²) >= 11 is 0. The van der Waals surface area contributed by atoms with E-state index < -0.39 is 10.0 Å². The van der Waals surface area contributed by atoms with E-state index in [0.717, 1.165) is 37.5 Å². The predicted molar refractivity (Wildman–Crippen MR) is 120 cm³/mol. The van der Waals surface area contributed by atoms with Crippen molar-refractivity contribution in [1.29, 1.82) is 0 Å². The summed E-state index contributed by atoms with van der Waals surface area (Å²) in [5.41, 5.74) is 1.04. The van der Waals surface area contributed by atoms with E-state index in [1.807, 2.05) is 19.2 Å². The number of sulfonamides is 1. The Kier molecular flexibility index (Phi) is 7.94. The number of hydrogen-bond donors (Lipinski definition) is 2. The van der Waals surface area contributed by atoms with E-state index in [1.165, 1.54) is 6.42 Å². The summed E-state index contributed by atoms with van der Waals surface area (Å²) in [6.45, 7) is 7.24. The van der Waals surface area contributed by atoms with Gasteiger partial charge in [0.2, 0.25) is 10.0 Å². The molecule has 1 heterocycles. The molecule has 0 aromatic heterocycles. The Balaban J connectivity index is 0.00000261. The molecule has 6 nitrogen and oxygen atoms in total. The number of likely N-dealkylation sites (tertiary alicyclic amines) is 1. The van der Waals surface area contributed by atoms with Crippen LogP contribution in [0.15, 0.2) is 34.2 Å². The van der Waals surface area contributed by atoms with Gasteiger partial charge in [0.1, 0.15) is 0 Å². The van der Waals surface area contributed by atoms with Crippen molar-refractivity contribution in [3.8, 4) is 0 Å². The fourth-order valence-corrected chi connectivity index (χ4v) is 4.93. The highest BCUT2D eigenvalue weighted by Crippen LogP contribution is 2.23. The van der Waals surface area contributed by atoms with Gasteiger partial charge < -0.3 is 10.2 Å². The molecule has 0 amide bonds. The molecule has 0 radical (unpaired) electrons. The first kappa shape index (κ1) is 22.4. The van der Waals surface area contributed by atoms with Gasteiger partial charge in [-0.25, -0.2) is 13.1 Å². The second kappa shape index (κ2) is 9.56. The Hall–Kier alpha value is -0.870. The molecule has 2 fully saturated rings. The fourth-order valence-electron chi connectivity index (χ4n) is 3.62. The molecule has 0 spiro atoms. The monoisotopic (exact) mass is 506 g/mol. The van der Waals surface area contributed by atoms with Gasteiger partial charge in [-0.15, -0.1) is 24.0 Å². The molecule has 1 aromatic carbocycles. The highest BCUT2D eigenvalue weighted by molar-refractivity contribution is 14.0. The Morgan fingerprint density at radius 3 is 2.26 bits per heavy atom. The smallest absolute Gasteiger partial charge is 0.240 e. The second-order valence-corrected chi connectivity index (χ2v) is 9.51. The van der Waals surface area contributed by atoms with Crippen molar-refractivity contribution in [3.05, 3.63) is 29.8 Å². The quantitative estimate of drug-likeness (QED) is 0.366. The van der Waals surface area contributed by atoms with E-state index in [1.54, 1.807) is 12.1 Å². The SMILES string of the molecule is CN=C(NCc1ccc(S(=O)(=O)NC2CC2)cc1)N1CC(C)CC(C)C1.I. The van der Waals surface area contributed by atoms with Crippen molar-refractivity contribution in [3.63, 3.8) is 0 Å². The van der Waals surface area contributed by atoms with E-state index in [4.69, 9.17) is 0 Å². The molecule has 1 aliphatic heterocycles. The van der Waals surface area contributed by atoms with Crippen LogP contribution in [0.1, 0.15) is 38.7 Å². The first-order valence-electron chi connectivity index (χ1n) is 9.44. The second-order valence-electron chi connectivity index (χ2n) is 7.79. The Morgan fingerprint density at radius 2 is 1.74 bits per heavy atom. The molecule has 0 bridgehead atoms. The van der Waals surface area contributed by atoms with Crippen LogP contribution in [0.2, 0.25) is 0 Å². The lowest BCUT2D eigenvalue weighted by molar-refractivity contribution is 0.208. The lowest BCUT2D eigenvalue weighted by Gasteiger charge is -2.37. The molecule has 152 valence electrons. The molecular formula is C19H31IN4O2S. The summed E-state index contributed by atoms with van der Waals surface area (Å²) in [5, 5.41) is 3.41. The van der Waals surface area contributed by atoms with Crippen molar-refractivity contribution >= 4 is 40.0 Å². The van der Waals surface area contributed by atoms with Crippen LogP contribution in [-0.2, 0) is 16.6 Å². The topological polar surface area (TPSA) is 73.8 Å². The minimum Gasteiger partial charge on any atom is -0.352 e. The molecule has 2 aliphatic rings. The summed E-state index contributed by atoms with van der Waals surface area (Å²) in [6.07, 6.45) is 3.14. The average Bonchev–Trinajstić information content (AvgIpc) is 3.38. The van der Waals surface area contributed by atoms with Crippen molar-refractivity contribution < 1.29 is 8.42 Å². The summed E-state index contributed by atoms with van der Waals surface area (Å²) in [4.78, 5) is 7.06. The van der Waals surface area contributed by atoms with E-state index in [2.05, 4.69) is 33.8 Å². The number of aliphatic imine (C=N–C) groups is 1. The summed E-state index contributed by atoms with van der Waals surface area (Å²) in [5.74, 6) is 2.25. The molecule has 2 N–H and O–H groups in total. The number of rotatable bonds is 5. The normalized spacial score (nSPS) is 23.7. The molecule has 1 aliphatic carbocycles. The molecule has 1 saturated carbocycles.